The molecule has 3 rings (SSSR count). The van der Waals surface area contributed by atoms with Crippen molar-refractivity contribution < 1.29 is 9.53 Å². The van der Waals surface area contributed by atoms with E-state index in [0.717, 1.165) is 23.3 Å². The normalized spacial score (nSPS) is 28.4. The molecule has 2 aliphatic rings. The van der Waals surface area contributed by atoms with Crippen molar-refractivity contribution in [1.82, 2.24) is 0 Å². The second-order valence-electron chi connectivity index (χ2n) is 5.83. The SMILES string of the molecule is COc1ccc(NC(=O)CC2CCCC3CC23)cc1. The smallest absolute Gasteiger partial charge is 0.224 e. The van der Waals surface area contributed by atoms with Crippen LogP contribution in [0, 0.1) is 17.8 Å². The molecule has 2 fully saturated rings. The van der Waals surface area contributed by atoms with Crippen LogP contribution in [0.2, 0.25) is 0 Å². The Morgan fingerprint density at radius 1 is 1.32 bits per heavy atom. The van der Waals surface area contributed by atoms with Gasteiger partial charge in [0.15, 0.2) is 0 Å². The van der Waals surface area contributed by atoms with Crippen molar-refractivity contribution >= 4 is 11.6 Å². The van der Waals surface area contributed by atoms with Gasteiger partial charge in [0.1, 0.15) is 5.75 Å². The fourth-order valence-electron chi connectivity index (χ4n) is 3.41. The van der Waals surface area contributed by atoms with Gasteiger partial charge in [-0.2, -0.15) is 0 Å². The van der Waals surface area contributed by atoms with E-state index in [9.17, 15) is 4.79 Å². The first kappa shape index (κ1) is 12.5. The van der Waals surface area contributed by atoms with Crippen LogP contribution in [0.25, 0.3) is 0 Å². The van der Waals surface area contributed by atoms with E-state index in [1.165, 1.54) is 25.7 Å². The number of hydrogen-bond donors (Lipinski definition) is 1. The Balaban J connectivity index is 1.52. The minimum absolute atomic E-state index is 0.155. The highest BCUT2D eigenvalue weighted by atomic mass is 16.5. The first-order chi connectivity index (χ1) is 9.26. The average molecular weight is 259 g/mol. The van der Waals surface area contributed by atoms with Crippen LogP contribution < -0.4 is 10.1 Å². The first-order valence-corrected chi connectivity index (χ1v) is 7.20. The number of methoxy groups -OCH3 is 1. The Morgan fingerprint density at radius 2 is 2.11 bits per heavy atom. The van der Waals surface area contributed by atoms with E-state index in [2.05, 4.69) is 5.32 Å². The van der Waals surface area contributed by atoms with Gasteiger partial charge in [0.2, 0.25) is 5.91 Å². The predicted octanol–water partition coefficient (Wildman–Crippen LogP) is 3.46. The van der Waals surface area contributed by atoms with Crippen molar-refractivity contribution in [3.05, 3.63) is 24.3 Å². The highest BCUT2D eigenvalue weighted by Gasteiger charge is 2.45. The third kappa shape index (κ3) is 2.91. The number of anilines is 1. The van der Waals surface area contributed by atoms with Crippen LogP contribution in [0.3, 0.4) is 0 Å². The lowest BCUT2D eigenvalue weighted by Gasteiger charge is -2.20. The topological polar surface area (TPSA) is 38.3 Å². The van der Waals surface area contributed by atoms with E-state index in [4.69, 9.17) is 4.74 Å². The fourth-order valence-corrected chi connectivity index (χ4v) is 3.41. The Bertz CT molecular complexity index is 454. The van der Waals surface area contributed by atoms with Crippen molar-refractivity contribution in [1.29, 1.82) is 0 Å². The molecule has 1 aromatic carbocycles. The maximum atomic E-state index is 12.1. The predicted molar refractivity (Wildman–Crippen MR) is 75.2 cm³/mol. The van der Waals surface area contributed by atoms with Crippen LogP contribution in [0.15, 0.2) is 24.3 Å². The van der Waals surface area contributed by atoms with E-state index in [1.54, 1.807) is 7.11 Å². The van der Waals surface area contributed by atoms with E-state index >= 15 is 0 Å². The van der Waals surface area contributed by atoms with Gasteiger partial charge in [-0.25, -0.2) is 0 Å². The third-order valence-corrected chi connectivity index (χ3v) is 4.55. The Labute approximate surface area is 114 Å². The van der Waals surface area contributed by atoms with Gasteiger partial charge in [0, 0.05) is 12.1 Å². The van der Waals surface area contributed by atoms with Crippen LogP contribution >= 0.6 is 0 Å². The number of fused-ring (bicyclic) bond motifs is 1. The molecule has 3 nitrogen and oxygen atoms in total. The summed E-state index contributed by atoms with van der Waals surface area (Å²) >= 11 is 0. The quantitative estimate of drug-likeness (QED) is 0.899. The number of rotatable bonds is 4. The molecule has 1 aromatic rings. The summed E-state index contributed by atoms with van der Waals surface area (Å²) in [6.45, 7) is 0. The van der Waals surface area contributed by atoms with Gasteiger partial charge in [-0.3, -0.25) is 4.79 Å². The molecule has 0 heterocycles. The lowest BCUT2D eigenvalue weighted by Crippen LogP contribution is -2.20. The monoisotopic (exact) mass is 259 g/mol. The molecule has 102 valence electrons. The average Bonchev–Trinajstić information content (AvgIpc) is 3.20. The summed E-state index contributed by atoms with van der Waals surface area (Å²) in [5.74, 6) is 3.37. The zero-order chi connectivity index (χ0) is 13.2. The molecule has 1 N–H and O–H groups in total. The maximum absolute atomic E-state index is 12.1. The molecule has 0 radical (unpaired) electrons. The summed E-state index contributed by atoms with van der Waals surface area (Å²) in [5.41, 5.74) is 0.856. The molecule has 0 bridgehead atoms. The number of carbonyl (C=O) groups excluding carboxylic acids is 1. The van der Waals surface area contributed by atoms with Crippen molar-refractivity contribution in [2.75, 3.05) is 12.4 Å². The van der Waals surface area contributed by atoms with Gasteiger partial charge in [0.05, 0.1) is 7.11 Å². The lowest BCUT2D eigenvalue weighted by molar-refractivity contribution is -0.117. The summed E-state index contributed by atoms with van der Waals surface area (Å²) < 4.78 is 5.10. The third-order valence-electron chi connectivity index (χ3n) is 4.55. The van der Waals surface area contributed by atoms with Gasteiger partial charge in [0.25, 0.3) is 0 Å². The van der Waals surface area contributed by atoms with Crippen molar-refractivity contribution in [2.24, 2.45) is 17.8 Å². The van der Waals surface area contributed by atoms with Crippen LogP contribution in [-0.4, -0.2) is 13.0 Å². The fraction of sp³-hybridized carbons (Fsp3) is 0.562. The molecule has 19 heavy (non-hydrogen) atoms. The van der Waals surface area contributed by atoms with Gasteiger partial charge >= 0.3 is 0 Å². The Kier molecular flexibility index (Phi) is 3.45. The highest BCUT2D eigenvalue weighted by Crippen LogP contribution is 2.53. The molecule has 0 spiro atoms. The lowest BCUT2D eigenvalue weighted by atomic mass is 9.86. The molecule has 3 unspecified atom stereocenters. The van der Waals surface area contributed by atoms with Crippen molar-refractivity contribution in [3.8, 4) is 5.75 Å². The molecule has 0 aliphatic heterocycles. The summed E-state index contributed by atoms with van der Waals surface area (Å²) in [5, 5.41) is 2.99. The van der Waals surface area contributed by atoms with Gasteiger partial charge < -0.3 is 10.1 Å². The van der Waals surface area contributed by atoms with Crippen LogP contribution in [0.4, 0.5) is 5.69 Å². The van der Waals surface area contributed by atoms with Crippen molar-refractivity contribution in [2.45, 2.75) is 32.1 Å². The number of nitrogens with one attached hydrogen (secondary N) is 1. The largest absolute Gasteiger partial charge is 0.497 e. The van der Waals surface area contributed by atoms with E-state index in [0.29, 0.717) is 12.3 Å². The van der Waals surface area contributed by atoms with E-state index < -0.39 is 0 Å². The van der Waals surface area contributed by atoms with Gasteiger partial charge in [-0.05, 0) is 54.9 Å². The molecule has 3 atom stereocenters. The molecule has 0 aromatic heterocycles. The molecule has 2 saturated carbocycles. The second-order valence-corrected chi connectivity index (χ2v) is 5.83. The molecule has 0 saturated heterocycles. The summed E-state index contributed by atoms with van der Waals surface area (Å²) in [4.78, 5) is 12.1. The standard InChI is InChI=1S/C16H21NO2/c1-19-14-7-5-13(6-8-14)17-16(18)10-12-4-2-3-11-9-15(11)12/h5-8,11-12,15H,2-4,9-10H2,1H3,(H,17,18). The molecule has 1 amide bonds. The van der Waals surface area contributed by atoms with Gasteiger partial charge in [-0.15, -0.1) is 0 Å². The second kappa shape index (κ2) is 5.24. The van der Waals surface area contributed by atoms with Crippen LogP contribution in [0.5, 0.6) is 5.75 Å². The molecular weight excluding hydrogens is 238 g/mol. The van der Waals surface area contributed by atoms with E-state index in [1.807, 2.05) is 24.3 Å². The van der Waals surface area contributed by atoms with Crippen LogP contribution in [0.1, 0.15) is 32.1 Å². The number of ether oxygens (including phenoxy) is 1. The molecule has 3 heteroatoms. The summed E-state index contributed by atoms with van der Waals surface area (Å²) in [6, 6.07) is 7.51. The molecular formula is C16H21NO2. The zero-order valence-electron chi connectivity index (χ0n) is 11.4. The van der Waals surface area contributed by atoms with Crippen LogP contribution in [-0.2, 0) is 4.79 Å². The zero-order valence-corrected chi connectivity index (χ0v) is 11.4. The number of amides is 1. The maximum Gasteiger partial charge on any atom is 0.224 e. The number of hydrogen-bond acceptors (Lipinski definition) is 2. The number of carbonyl (C=O) groups is 1. The number of benzene rings is 1. The summed E-state index contributed by atoms with van der Waals surface area (Å²) in [7, 11) is 1.64. The van der Waals surface area contributed by atoms with Crippen molar-refractivity contribution in [3.63, 3.8) is 0 Å². The molecule has 2 aliphatic carbocycles. The van der Waals surface area contributed by atoms with Gasteiger partial charge in [-0.1, -0.05) is 12.8 Å². The minimum Gasteiger partial charge on any atom is -0.497 e. The first-order valence-electron chi connectivity index (χ1n) is 7.20. The highest BCUT2D eigenvalue weighted by molar-refractivity contribution is 5.90. The van der Waals surface area contributed by atoms with E-state index in [-0.39, 0.29) is 5.91 Å². The summed E-state index contributed by atoms with van der Waals surface area (Å²) in [6.07, 6.45) is 5.98. The Morgan fingerprint density at radius 3 is 2.84 bits per heavy atom. The Hall–Kier alpha value is -1.51. The minimum atomic E-state index is 0.155.